The van der Waals surface area contributed by atoms with E-state index in [0.717, 1.165) is 10.4 Å². The van der Waals surface area contributed by atoms with Crippen LogP contribution in [-0.2, 0) is 0 Å². The lowest BCUT2D eigenvalue weighted by Crippen LogP contribution is -2.17. The van der Waals surface area contributed by atoms with E-state index in [-0.39, 0.29) is 5.91 Å². The smallest absolute Gasteiger partial charge is 0.265 e. The number of ether oxygens (including phenoxy) is 2. The maximum absolute atomic E-state index is 12.3. The zero-order chi connectivity index (χ0) is 15.0. The number of fused-ring (bicyclic) bond motifs is 1. The van der Waals surface area contributed by atoms with Gasteiger partial charge in [-0.25, -0.2) is 0 Å². The van der Waals surface area contributed by atoms with Gasteiger partial charge in [0.1, 0.15) is 13.2 Å². The summed E-state index contributed by atoms with van der Waals surface area (Å²) in [5, 5.41) is 2.83. The van der Waals surface area contributed by atoms with Gasteiger partial charge < -0.3 is 20.5 Å². The molecule has 3 rings (SSSR count). The van der Waals surface area contributed by atoms with Gasteiger partial charge in [-0.2, -0.15) is 0 Å². The third-order valence-corrected chi connectivity index (χ3v) is 4.50. The lowest BCUT2D eigenvalue weighted by Gasteiger charge is -2.20. The first-order valence-corrected chi connectivity index (χ1v) is 7.44. The molecule has 3 N–H and O–H groups in total. The lowest BCUT2D eigenvalue weighted by molar-refractivity contribution is 0.103. The predicted molar refractivity (Wildman–Crippen MR) is 83.6 cm³/mol. The number of carbonyl (C=O) groups excluding carboxylic acids is 1. The van der Waals surface area contributed by atoms with Crippen molar-refractivity contribution in [1.82, 2.24) is 0 Å². The fraction of sp³-hybridized carbons (Fsp3) is 0.267. The third kappa shape index (κ3) is 2.67. The summed E-state index contributed by atoms with van der Waals surface area (Å²) in [7, 11) is 0. The van der Waals surface area contributed by atoms with Gasteiger partial charge in [-0.15, -0.1) is 11.3 Å². The van der Waals surface area contributed by atoms with Gasteiger partial charge in [0.05, 0.1) is 16.3 Å². The number of nitrogens with two attached hydrogens (primary N) is 1. The SMILES string of the molecule is Cc1cc(C(=O)Nc2cc3c(cc2N)OCCO3)sc1C. The number of amides is 1. The van der Waals surface area contributed by atoms with Crippen LogP contribution in [0.5, 0.6) is 11.5 Å². The minimum absolute atomic E-state index is 0.167. The van der Waals surface area contributed by atoms with E-state index in [2.05, 4.69) is 5.32 Å². The minimum Gasteiger partial charge on any atom is -0.486 e. The average molecular weight is 304 g/mol. The lowest BCUT2D eigenvalue weighted by atomic mass is 10.2. The number of rotatable bonds is 2. The molecule has 2 heterocycles. The predicted octanol–water partition coefficient (Wildman–Crippen LogP) is 2.97. The van der Waals surface area contributed by atoms with Crippen LogP contribution in [0.1, 0.15) is 20.1 Å². The molecule has 5 nitrogen and oxygen atoms in total. The Labute approximate surface area is 126 Å². The van der Waals surface area contributed by atoms with Crippen LogP contribution in [0.4, 0.5) is 11.4 Å². The molecule has 1 aromatic heterocycles. The molecule has 0 fully saturated rings. The second-order valence-corrected chi connectivity index (χ2v) is 6.14. The highest BCUT2D eigenvalue weighted by molar-refractivity contribution is 7.14. The fourth-order valence-electron chi connectivity index (χ4n) is 2.08. The Bertz CT molecular complexity index is 690. The molecule has 1 aliphatic rings. The summed E-state index contributed by atoms with van der Waals surface area (Å²) in [6, 6.07) is 5.26. The minimum atomic E-state index is -0.167. The molecule has 1 amide bonds. The topological polar surface area (TPSA) is 73.6 Å². The molecule has 0 saturated carbocycles. The van der Waals surface area contributed by atoms with Crippen LogP contribution in [0.15, 0.2) is 18.2 Å². The van der Waals surface area contributed by atoms with Gasteiger partial charge >= 0.3 is 0 Å². The third-order valence-electron chi connectivity index (χ3n) is 3.35. The molecule has 0 radical (unpaired) electrons. The van der Waals surface area contributed by atoms with Gasteiger partial charge in [-0.1, -0.05) is 0 Å². The van der Waals surface area contributed by atoms with Crippen LogP contribution in [-0.4, -0.2) is 19.1 Å². The van der Waals surface area contributed by atoms with Gasteiger partial charge in [0.2, 0.25) is 0 Å². The van der Waals surface area contributed by atoms with Crippen molar-refractivity contribution in [1.29, 1.82) is 0 Å². The standard InChI is InChI=1S/C15H16N2O3S/c1-8-5-14(21-9(8)2)15(18)17-11-7-13-12(6-10(11)16)19-3-4-20-13/h5-7H,3-4,16H2,1-2H3,(H,17,18). The number of hydrogen-bond donors (Lipinski definition) is 2. The van der Waals surface area contributed by atoms with Crippen molar-refractivity contribution < 1.29 is 14.3 Å². The molecule has 0 bridgehead atoms. The van der Waals surface area contributed by atoms with Gasteiger partial charge in [-0.05, 0) is 25.5 Å². The number of nitrogen functional groups attached to an aromatic ring is 1. The van der Waals surface area contributed by atoms with Crippen LogP contribution in [0, 0.1) is 13.8 Å². The van der Waals surface area contributed by atoms with E-state index in [4.69, 9.17) is 15.2 Å². The summed E-state index contributed by atoms with van der Waals surface area (Å²) in [5.74, 6) is 1.04. The number of thiophene rings is 1. The summed E-state index contributed by atoms with van der Waals surface area (Å²) in [6.07, 6.45) is 0. The van der Waals surface area contributed by atoms with Crippen LogP contribution in [0.25, 0.3) is 0 Å². The molecule has 1 aromatic carbocycles. The second-order valence-electron chi connectivity index (χ2n) is 4.89. The van der Waals surface area contributed by atoms with Gasteiger partial charge in [0.25, 0.3) is 5.91 Å². The van der Waals surface area contributed by atoms with E-state index in [9.17, 15) is 4.79 Å². The van der Waals surface area contributed by atoms with E-state index in [1.165, 1.54) is 11.3 Å². The number of hydrogen-bond acceptors (Lipinski definition) is 5. The van der Waals surface area contributed by atoms with Crippen molar-refractivity contribution in [3.05, 3.63) is 33.5 Å². The first-order valence-electron chi connectivity index (χ1n) is 6.62. The van der Waals surface area contributed by atoms with Gasteiger partial charge in [0, 0.05) is 17.0 Å². The van der Waals surface area contributed by atoms with Crippen molar-refractivity contribution >= 4 is 28.6 Å². The largest absolute Gasteiger partial charge is 0.486 e. The highest BCUT2D eigenvalue weighted by Crippen LogP contribution is 2.37. The summed E-state index contributed by atoms with van der Waals surface area (Å²) < 4.78 is 11.0. The Morgan fingerprint density at radius 1 is 1.19 bits per heavy atom. The van der Waals surface area contributed by atoms with Crippen molar-refractivity contribution in [2.75, 3.05) is 24.3 Å². The van der Waals surface area contributed by atoms with Crippen LogP contribution < -0.4 is 20.5 Å². The first kappa shape index (κ1) is 13.8. The number of nitrogens with one attached hydrogen (secondary N) is 1. The van der Waals surface area contributed by atoms with Crippen molar-refractivity contribution in [2.45, 2.75) is 13.8 Å². The molecule has 0 atom stereocenters. The Morgan fingerprint density at radius 2 is 1.86 bits per heavy atom. The fourth-order valence-corrected chi connectivity index (χ4v) is 3.01. The summed E-state index contributed by atoms with van der Waals surface area (Å²) in [4.78, 5) is 14.1. The Balaban J connectivity index is 1.85. The number of aryl methyl sites for hydroxylation is 2. The number of carbonyl (C=O) groups is 1. The van der Waals surface area contributed by atoms with E-state index in [0.29, 0.717) is 41.0 Å². The summed E-state index contributed by atoms with van der Waals surface area (Å²) in [5.41, 5.74) is 8.06. The van der Waals surface area contributed by atoms with Crippen molar-refractivity contribution in [3.63, 3.8) is 0 Å². The van der Waals surface area contributed by atoms with E-state index < -0.39 is 0 Å². The Morgan fingerprint density at radius 3 is 2.48 bits per heavy atom. The Hall–Kier alpha value is -2.21. The average Bonchev–Trinajstić information content (AvgIpc) is 2.79. The van der Waals surface area contributed by atoms with Crippen LogP contribution in [0.2, 0.25) is 0 Å². The van der Waals surface area contributed by atoms with E-state index in [1.54, 1.807) is 12.1 Å². The molecule has 21 heavy (non-hydrogen) atoms. The molecule has 110 valence electrons. The zero-order valence-corrected chi connectivity index (χ0v) is 12.7. The molecule has 2 aromatic rings. The molecule has 0 spiro atoms. The summed E-state index contributed by atoms with van der Waals surface area (Å²) >= 11 is 1.47. The molecular formula is C15H16N2O3S. The van der Waals surface area contributed by atoms with Crippen molar-refractivity contribution in [3.8, 4) is 11.5 Å². The molecule has 1 aliphatic heterocycles. The quantitative estimate of drug-likeness (QED) is 0.837. The zero-order valence-electron chi connectivity index (χ0n) is 11.9. The molecule has 0 unspecified atom stereocenters. The molecular weight excluding hydrogens is 288 g/mol. The van der Waals surface area contributed by atoms with Crippen LogP contribution >= 0.6 is 11.3 Å². The highest BCUT2D eigenvalue weighted by atomic mass is 32.1. The first-order chi connectivity index (χ1) is 10.0. The van der Waals surface area contributed by atoms with Crippen molar-refractivity contribution in [2.24, 2.45) is 0 Å². The highest BCUT2D eigenvalue weighted by Gasteiger charge is 2.17. The Kier molecular flexibility index (Phi) is 3.47. The maximum atomic E-state index is 12.3. The molecule has 0 aliphatic carbocycles. The van der Waals surface area contributed by atoms with Gasteiger partial charge in [0.15, 0.2) is 11.5 Å². The normalized spacial score (nSPS) is 13.0. The van der Waals surface area contributed by atoms with Gasteiger partial charge in [-0.3, -0.25) is 4.79 Å². The van der Waals surface area contributed by atoms with E-state index >= 15 is 0 Å². The number of benzene rings is 1. The molecule has 0 saturated heterocycles. The van der Waals surface area contributed by atoms with E-state index in [1.807, 2.05) is 19.9 Å². The monoisotopic (exact) mass is 304 g/mol. The number of anilines is 2. The molecule has 6 heteroatoms. The maximum Gasteiger partial charge on any atom is 0.265 e. The summed E-state index contributed by atoms with van der Waals surface area (Å²) in [6.45, 7) is 4.98. The second kappa shape index (κ2) is 5.29. The van der Waals surface area contributed by atoms with Crippen LogP contribution in [0.3, 0.4) is 0 Å².